The molecule has 0 aromatic heterocycles. The number of hydrogen-bond donors (Lipinski definition) is 2. The summed E-state index contributed by atoms with van der Waals surface area (Å²) in [5.41, 5.74) is 10.6. The Morgan fingerprint density at radius 3 is 2.75 bits per heavy atom. The maximum atomic E-state index is 10.7. The van der Waals surface area contributed by atoms with E-state index in [-0.39, 0.29) is 18.4 Å². The lowest BCUT2D eigenvalue weighted by molar-refractivity contribution is 0.176. The van der Waals surface area contributed by atoms with Crippen LogP contribution >= 0.6 is 12.4 Å². The molecule has 4 nitrogen and oxygen atoms in total. The molecule has 1 aliphatic rings. The fraction of sp³-hybridized carbons (Fsp3) is 0.857. The van der Waals surface area contributed by atoms with Crippen molar-refractivity contribution in [3.05, 3.63) is 0 Å². The first-order valence-electron chi connectivity index (χ1n) is 3.98. The van der Waals surface area contributed by atoms with Gasteiger partial charge >= 0.3 is 6.03 Å². The summed E-state index contributed by atoms with van der Waals surface area (Å²) in [6.45, 7) is 2.20. The van der Waals surface area contributed by atoms with Gasteiger partial charge in [0.05, 0.1) is 0 Å². The maximum absolute atomic E-state index is 10.7. The number of nitrogens with zero attached hydrogens (tertiary/aromatic N) is 1. The average Bonchev–Trinajstić information content (AvgIpc) is 2.05. The van der Waals surface area contributed by atoms with E-state index in [4.69, 9.17) is 11.5 Å². The standard InChI is InChI=1S/C7H15N3O.ClH/c8-4-6-2-1-3-10(5-6)7(9)11;/h6H,1-5,8H2,(H2,9,11);1H. The first kappa shape index (κ1) is 11.5. The average molecular weight is 194 g/mol. The third-order valence-corrected chi connectivity index (χ3v) is 2.16. The normalized spacial score (nSPS) is 23.1. The molecular weight excluding hydrogens is 178 g/mol. The molecule has 5 heteroatoms. The molecule has 1 rings (SSSR count). The molecule has 12 heavy (non-hydrogen) atoms. The van der Waals surface area contributed by atoms with Gasteiger partial charge in [0.25, 0.3) is 0 Å². The smallest absolute Gasteiger partial charge is 0.314 e. The zero-order valence-corrected chi connectivity index (χ0v) is 7.85. The number of primary amides is 1. The highest BCUT2D eigenvalue weighted by atomic mass is 35.5. The molecule has 0 radical (unpaired) electrons. The van der Waals surface area contributed by atoms with Crippen LogP contribution in [0.1, 0.15) is 12.8 Å². The molecule has 0 bridgehead atoms. The summed E-state index contributed by atoms with van der Waals surface area (Å²) in [5.74, 6) is 0.455. The molecule has 1 saturated heterocycles. The number of likely N-dealkylation sites (tertiary alicyclic amines) is 1. The third-order valence-electron chi connectivity index (χ3n) is 2.16. The minimum Gasteiger partial charge on any atom is -0.351 e. The number of amides is 2. The van der Waals surface area contributed by atoms with Crippen molar-refractivity contribution in [1.82, 2.24) is 4.90 Å². The van der Waals surface area contributed by atoms with Gasteiger partial charge in [-0.1, -0.05) is 0 Å². The van der Waals surface area contributed by atoms with Crippen molar-refractivity contribution in [2.75, 3.05) is 19.6 Å². The fourth-order valence-corrected chi connectivity index (χ4v) is 1.46. The molecule has 4 N–H and O–H groups in total. The summed E-state index contributed by atoms with van der Waals surface area (Å²) in [6, 6.07) is -0.317. The highest BCUT2D eigenvalue weighted by Gasteiger charge is 2.20. The van der Waals surface area contributed by atoms with Crippen LogP contribution in [0.2, 0.25) is 0 Å². The molecule has 2 amide bonds. The molecule has 0 aromatic rings. The van der Waals surface area contributed by atoms with Crippen molar-refractivity contribution in [2.45, 2.75) is 12.8 Å². The minimum absolute atomic E-state index is 0. The Labute approximate surface area is 78.7 Å². The van der Waals surface area contributed by atoms with Crippen molar-refractivity contribution >= 4 is 18.4 Å². The SMILES string of the molecule is Cl.NCC1CCCN(C(N)=O)C1. The minimum atomic E-state index is -0.317. The zero-order chi connectivity index (χ0) is 8.27. The monoisotopic (exact) mass is 193 g/mol. The second-order valence-electron chi connectivity index (χ2n) is 3.03. The highest BCUT2D eigenvalue weighted by Crippen LogP contribution is 2.14. The topological polar surface area (TPSA) is 72.3 Å². The van der Waals surface area contributed by atoms with Gasteiger partial charge in [0.1, 0.15) is 0 Å². The first-order valence-corrected chi connectivity index (χ1v) is 3.98. The van der Waals surface area contributed by atoms with Crippen molar-refractivity contribution in [1.29, 1.82) is 0 Å². The van der Waals surface area contributed by atoms with E-state index in [9.17, 15) is 4.79 Å². The fourth-order valence-electron chi connectivity index (χ4n) is 1.46. The van der Waals surface area contributed by atoms with Gasteiger partial charge in [-0.15, -0.1) is 12.4 Å². The van der Waals surface area contributed by atoms with Crippen molar-refractivity contribution in [3.63, 3.8) is 0 Å². The van der Waals surface area contributed by atoms with Crippen LogP contribution in [0.15, 0.2) is 0 Å². The van der Waals surface area contributed by atoms with Crippen LogP contribution in [0.25, 0.3) is 0 Å². The van der Waals surface area contributed by atoms with Crippen LogP contribution < -0.4 is 11.5 Å². The number of rotatable bonds is 1. The van der Waals surface area contributed by atoms with Gasteiger partial charge in [-0.25, -0.2) is 4.79 Å². The van der Waals surface area contributed by atoms with E-state index in [1.54, 1.807) is 4.90 Å². The van der Waals surface area contributed by atoms with Gasteiger partial charge in [-0.05, 0) is 25.3 Å². The molecule has 1 atom stereocenters. The van der Waals surface area contributed by atoms with E-state index in [2.05, 4.69) is 0 Å². The summed E-state index contributed by atoms with van der Waals surface area (Å²) in [4.78, 5) is 12.4. The van der Waals surface area contributed by atoms with Gasteiger partial charge in [0.2, 0.25) is 0 Å². The number of nitrogens with two attached hydrogens (primary N) is 2. The van der Waals surface area contributed by atoms with Crippen molar-refractivity contribution in [3.8, 4) is 0 Å². The van der Waals surface area contributed by atoms with Crippen LogP contribution in [0.5, 0.6) is 0 Å². The number of piperidine rings is 1. The second-order valence-corrected chi connectivity index (χ2v) is 3.03. The Morgan fingerprint density at radius 2 is 2.25 bits per heavy atom. The Hall–Kier alpha value is -0.480. The summed E-state index contributed by atoms with van der Waals surface area (Å²) in [5, 5.41) is 0. The number of carbonyl (C=O) groups excluding carboxylic acids is 1. The summed E-state index contributed by atoms with van der Waals surface area (Å²) >= 11 is 0. The molecule has 1 aliphatic heterocycles. The number of halogens is 1. The Bertz CT molecular complexity index is 154. The molecule has 1 unspecified atom stereocenters. The molecule has 0 spiro atoms. The van der Waals surface area contributed by atoms with Crippen LogP contribution in [-0.2, 0) is 0 Å². The maximum Gasteiger partial charge on any atom is 0.314 e. The first-order chi connectivity index (χ1) is 5.24. The Kier molecular flexibility index (Phi) is 5.01. The van der Waals surface area contributed by atoms with Crippen LogP contribution in [0.3, 0.4) is 0 Å². The van der Waals surface area contributed by atoms with E-state index >= 15 is 0 Å². The van der Waals surface area contributed by atoms with E-state index < -0.39 is 0 Å². The summed E-state index contributed by atoms with van der Waals surface area (Å²) in [7, 11) is 0. The second kappa shape index (κ2) is 5.22. The predicted octanol–water partition coefficient (Wildman–Crippen LogP) is 0.158. The highest BCUT2D eigenvalue weighted by molar-refractivity contribution is 5.85. The van der Waals surface area contributed by atoms with E-state index in [1.165, 1.54) is 0 Å². The number of hydrogen-bond acceptors (Lipinski definition) is 2. The summed E-state index contributed by atoms with van der Waals surface area (Å²) < 4.78 is 0. The van der Waals surface area contributed by atoms with Crippen LogP contribution in [0.4, 0.5) is 4.79 Å². The van der Waals surface area contributed by atoms with Gasteiger partial charge < -0.3 is 16.4 Å². The van der Waals surface area contributed by atoms with Crippen molar-refractivity contribution < 1.29 is 4.79 Å². The Morgan fingerprint density at radius 1 is 1.58 bits per heavy atom. The van der Waals surface area contributed by atoms with Crippen LogP contribution in [0, 0.1) is 5.92 Å². The molecule has 72 valence electrons. The predicted molar refractivity (Wildman–Crippen MR) is 50.2 cm³/mol. The van der Waals surface area contributed by atoms with E-state index in [1.807, 2.05) is 0 Å². The molecule has 0 saturated carbocycles. The van der Waals surface area contributed by atoms with Gasteiger partial charge in [0.15, 0.2) is 0 Å². The third kappa shape index (κ3) is 2.87. The molecule has 1 fully saturated rings. The summed E-state index contributed by atoms with van der Waals surface area (Å²) in [6.07, 6.45) is 2.16. The largest absolute Gasteiger partial charge is 0.351 e. The quantitative estimate of drug-likeness (QED) is 0.623. The molecule has 0 aliphatic carbocycles. The van der Waals surface area contributed by atoms with Crippen LogP contribution in [-0.4, -0.2) is 30.6 Å². The number of urea groups is 1. The lowest BCUT2D eigenvalue weighted by Gasteiger charge is -2.30. The van der Waals surface area contributed by atoms with Gasteiger partial charge in [-0.2, -0.15) is 0 Å². The number of carbonyl (C=O) groups is 1. The zero-order valence-electron chi connectivity index (χ0n) is 7.03. The van der Waals surface area contributed by atoms with Gasteiger partial charge in [0, 0.05) is 13.1 Å². The molecular formula is C7H16ClN3O. The lowest BCUT2D eigenvalue weighted by Crippen LogP contribution is -2.44. The molecule has 0 aromatic carbocycles. The van der Waals surface area contributed by atoms with E-state index in [0.717, 1.165) is 25.9 Å². The molecule has 1 heterocycles. The lowest BCUT2D eigenvalue weighted by atomic mass is 9.99. The Balaban J connectivity index is 0.00000121. The van der Waals surface area contributed by atoms with E-state index in [0.29, 0.717) is 12.5 Å². The van der Waals surface area contributed by atoms with Gasteiger partial charge in [-0.3, -0.25) is 0 Å². The van der Waals surface area contributed by atoms with Crippen molar-refractivity contribution in [2.24, 2.45) is 17.4 Å².